The molecule has 1 aliphatic rings. The summed E-state index contributed by atoms with van der Waals surface area (Å²) < 4.78 is 52.0. The van der Waals surface area contributed by atoms with Crippen LogP contribution in [0.4, 0.5) is 19.1 Å². The molecule has 12 heteroatoms. The number of hydroxylamine groups is 1. The molecule has 3 heterocycles. The number of imidazole rings is 1. The maximum absolute atomic E-state index is 13.0. The fourth-order valence-corrected chi connectivity index (χ4v) is 3.93. The molecule has 1 aliphatic heterocycles. The number of aryl methyl sites for hydroxylation is 1. The van der Waals surface area contributed by atoms with Crippen LogP contribution >= 0.6 is 0 Å². The first-order valence-corrected chi connectivity index (χ1v) is 10.9. The number of anilines is 1. The third kappa shape index (κ3) is 4.48. The summed E-state index contributed by atoms with van der Waals surface area (Å²) in [5.74, 6) is -2.87. The van der Waals surface area contributed by atoms with Crippen LogP contribution in [0.15, 0.2) is 65.5 Å². The second-order valence-electron chi connectivity index (χ2n) is 8.11. The van der Waals surface area contributed by atoms with Gasteiger partial charge in [-0.25, -0.2) is 9.78 Å². The smallest absolute Gasteiger partial charge is 0.493 e. The Morgan fingerprint density at radius 2 is 2.00 bits per heavy atom. The van der Waals surface area contributed by atoms with Crippen molar-refractivity contribution < 1.29 is 36.8 Å². The number of aromatic nitrogens is 2. The first-order chi connectivity index (χ1) is 17.7. The molecule has 0 radical (unpaired) electrons. The van der Waals surface area contributed by atoms with Gasteiger partial charge in [0.05, 0.1) is 24.8 Å². The topological polar surface area (TPSA) is 98.8 Å². The summed E-state index contributed by atoms with van der Waals surface area (Å²) in [5.41, 5.74) is 2.34. The van der Waals surface area contributed by atoms with Gasteiger partial charge in [-0.2, -0.15) is 13.2 Å². The number of alkyl halides is 3. The summed E-state index contributed by atoms with van der Waals surface area (Å²) in [6.07, 6.45) is -0.197. The number of benzene rings is 2. The largest absolute Gasteiger partial charge is 0.495 e. The second-order valence-corrected chi connectivity index (χ2v) is 8.11. The Hall–Kier alpha value is -4.74. The Kier molecular flexibility index (Phi) is 5.86. The van der Waals surface area contributed by atoms with Crippen molar-refractivity contribution in [3.63, 3.8) is 0 Å². The van der Waals surface area contributed by atoms with Crippen molar-refractivity contribution in [2.75, 3.05) is 12.2 Å². The number of methoxy groups -OCH3 is 1. The Balaban J connectivity index is 1.51. The molecule has 2 aromatic carbocycles. The van der Waals surface area contributed by atoms with E-state index < -0.39 is 24.2 Å². The molecule has 5 rings (SSSR count). The van der Waals surface area contributed by atoms with Gasteiger partial charge in [0.25, 0.3) is 5.91 Å². The van der Waals surface area contributed by atoms with Crippen molar-refractivity contribution in [3.05, 3.63) is 77.9 Å². The van der Waals surface area contributed by atoms with Crippen molar-refractivity contribution in [1.29, 1.82) is 0 Å². The highest BCUT2D eigenvalue weighted by molar-refractivity contribution is 6.12. The maximum Gasteiger partial charge on any atom is 0.493 e. The van der Waals surface area contributed by atoms with Crippen molar-refractivity contribution in [2.24, 2.45) is 0 Å². The zero-order valence-electron chi connectivity index (χ0n) is 19.4. The van der Waals surface area contributed by atoms with E-state index in [1.165, 1.54) is 13.2 Å². The highest BCUT2D eigenvalue weighted by Gasteiger charge is 2.46. The predicted octanol–water partition coefficient (Wildman–Crippen LogP) is 4.55. The van der Waals surface area contributed by atoms with E-state index in [2.05, 4.69) is 15.1 Å². The number of furan rings is 1. The third-order valence-corrected chi connectivity index (χ3v) is 5.61. The average Bonchev–Trinajstić information content (AvgIpc) is 3.47. The lowest BCUT2D eigenvalue weighted by molar-refractivity contribution is -0.202. The highest BCUT2D eigenvalue weighted by atomic mass is 19.4. The minimum absolute atomic E-state index is 0.0446. The molecular weight excluding hydrogens is 493 g/mol. The van der Waals surface area contributed by atoms with Gasteiger partial charge in [0, 0.05) is 11.6 Å². The second kappa shape index (κ2) is 9.04. The van der Waals surface area contributed by atoms with Gasteiger partial charge in [-0.1, -0.05) is 30.3 Å². The van der Waals surface area contributed by atoms with Crippen molar-refractivity contribution >= 4 is 34.8 Å². The number of carbonyl (C=O) groups excluding carboxylic acids is 2. The summed E-state index contributed by atoms with van der Waals surface area (Å²) in [6.45, 7) is 1.85. The van der Waals surface area contributed by atoms with E-state index in [1.807, 2.05) is 13.1 Å². The number of rotatable bonds is 5. The quantitative estimate of drug-likeness (QED) is 0.419. The van der Waals surface area contributed by atoms with Crippen LogP contribution in [-0.2, 0) is 9.63 Å². The van der Waals surface area contributed by atoms with Gasteiger partial charge in [0.1, 0.15) is 16.9 Å². The molecule has 1 N–H and O–H groups in total. The standard InChI is InChI=1S/C25H19F3N4O5/c1-14-12-31(13-29-14)17-9-7-15(11-19(17)35-2)8-10-20-30-22(33)21-16-5-3-4-6-18(16)36-23(21)32(20)37-24(34)25(26,27)28/h3-13,20H,1-2H3,(H,30,33). The zero-order chi connectivity index (χ0) is 26.3. The number of amides is 1. The molecule has 0 spiro atoms. The zero-order valence-corrected chi connectivity index (χ0v) is 19.4. The fourth-order valence-electron chi connectivity index (χ4n) is 3.93. The summed E-state index contributed by atoms with van der Waals surface area (Å²) in [6, 6.07) is 11.6. The number of carbonyl (C=O) groups is 2. The lowest BCUT2D eigenvalue weighted by Crippen LogP contribution is -2.53. The number of nitrogens with one attached hydrogen (secondary N) is 1. The molecule has 37 heavy (non-hydrogen) atoms. The Bertz CT molecular complexity index is 1540. The van der Waals surface area contributed by atoms with Crippen LogP contribution in [0.3, 0.4) is 0 Å². The molecular formula is C25H19F3N4O5. The molecule has 0 fully saturated rings. The van der Waals surface area contributed by atoms with E-state index in [0.29, 0.717) is 21.8 Å². The maximum atomic E-state index is 13.0. The normalized spacial score (nSPS) is 15.6. The lowest BCUT2D eigenvalue weighted by Gasteiger charge is -2.32. The molecule has 0 saturated carbocycles. The highest BCUT2D eigenvalue weighted by Crippen LogP contribution is 2.37. The molecule has 1 amide bonds. The van der Waals surface area contributed by atoms with Crippen LogP contribution in [0.5, 0.6) is 5.75 Å². The van der Waals surface area contributed by atoms with Crippen molar-refractivity contribution in [2.45, 2.75) is 19.3 Å². The van der Waals surface area contributed by atoms with Crippen LogP contribution < -0.4 is 15.1 Å². The predicted molar refractivity (Wildman–Crippen MR) is 126 cm³/mol. The molecule has 2 aromatic heterocycles. The number of hydrogen-bond acceptors (Lipinski definition) is 7. The molecule has 0 aliphatic carbocycles. The van der Waals surface area contributed by atoms with E-state index in [-0.39, 0.29) is 17.0 Å². The number of ether oxygens (including phenoxy) is 1. The minimum atomic E-state index is -5.27. The number of halogens is 3. The molecule has 0 bridgehead atoms. The van der Waals surface area contributed by atoms with Crippen molar-refractivity contribution in [3.8, 4) is 11.4 Å². The van der Waals surface area contributed by atoms with E-state index in [1.54, 1.807) is 59.4 Å². The van der Waals surface area contributed by atoms with Gasteiger partial charge in [-0.05, 0) is 36.8 Å². The number of nitrogens with zero attached hydrogens (tertiary/aromatic N) is 3. The Morgan fingerprint density at radius 1 is 1.22 bits per heavy atom. The Morgan fingerprint density at radius 3 is 2.70 bits per heavy atom. The average molecular weight is 512 g/mol. The first-order valence-electron chi connectivity index (χ1n) is 10.9. The SMILES string of the molecule is COc1cc(C=CC2NC(=O)c3c(oc4ccccc34)N2OC(=O)C(F)(F)F)ccc1-n1cnc(C)c1. The summed E-state index contributed by atoms with van der Waals surface area (Å²) in [4.78, 5) is 33.5. The van der Waals surface area contributed by atoms with E-state index in [9.17, 15) is 22.8 Å². The van der Waals surface area contributed by atoms with E-state index >= 15 is 0 Å². The molecule has 4 aromatic rings. The van der Waals surface area contributed by atoms with Crippen molar-refractivity contribution in [1.82, 2.24) is 14.9 Å². The lowest BCUT2D eigenvalue weighted by atomic mass is 10.1. The third-order valence-electron chi connectivity index (χ3n) is 5.61. The van der Waals surface area contributed by atoms with Gasteiger partial charge < -0.3 is 23.9 Å². The fraction of sp³-hybridized carbons (Fsp3) is 0.160. The first kappa shape index (κ1) is 24.0. The van der Waals surface area contributed by atoms with Crippen LogP contribution in [-0.4, -0.2) is 40.9 Å². The van der Waals surface area contributed by atoms with Crippen LogP contribution in [0.25, 0.3) is 22.7 Å². The van der Waals surface area contributed by atoms with Gasteiger partial charge in [-0.3, -0.25) is 4.79 Å². The van der Waals surface area contributed by atoms with Crippen LogP contribution in [0, 0.1) is 6.92 Å². The molecule has 1 unspecified atom stereocenters. The number of hydrogen-bond donors (Lipinski definition) is 1. The van der Waals surface area contributed by atoms with Gasteiger partial charge >= 0.3 is 12.1 Å². The molecule has 9 nitrogen and oxygen atoms in total. The van der Waals surface area contributed by atoms with Gasteiger partial charge in [0.2, 0.25) is 5.88 Å². The summed E-state index contributed by atoms with van der Waals surface area (Å²) in [7, 11) is 1.50. The molecule has 0 saturated heterocycles. The van der Waals surface area contributed by atoms with Gasteiger partial charge in [-0.15, -0.1) is 5.06 Å². The monoisotopic (exact) mass is 512 g/mol. The van der Waals surface area contributed by atoms with Crippen LogP contribution in [0.1, 0.15) is 21.6 Å². The molecule has 190 valence electrons. The van der Waals surface area contributed by atoms with E-state index in [0.717, 1.165) is 11.4 Å². The number of para-hydroxylation sites is 1. The minimum Gasteiger partial charge on any atom is -0.495 e. The Labute approximate surface area is 207 Å². The van der Waals surface area contributed by atoms with Gasteiger partial charge in [0.15, 0.2) is 6.17 Å². The summed E-state index contributed by atoms with van der Waals surface area (Å²) >= 11 is 0. The van der Waals surface area contributed by atoms with Crippen LogP contribution in [0.2, 0.25) is 0 Å². The molecule has 1 atom stereocenters. The summed E-state index contributed by atoms with van der Waals surface area (Å²) in [5, 5.41) is 3.51. The number of fused-ring (bicyclic) bond motifs is 3. The van der Waals surface area contributed by atoms with E-state index in [4.69, 9.17) is 9.15 Å².